The number of para-hydroxylation sites is 1. The summed E-state index contributed by atoms with van der Waals surface area (Å²) in [5.74, 6) is 0.517. The second-order valence-corrected chi connectivity index (χ2v) is 5.92. The third kappa shape index (κ3) is 2.56. The Balaban J connectivity index is 1.65. The van der Waals surface area contributed by atoms with E-state index in [0.29, 0.717) is 13.0 Å². The molecule has 1 aliphatic rings. The van der Waals surface area contributed by atoms with Crippen LogP contribution in [0.4, 0.5) is 0 Å². The predicted molar refractivity (Wildman–Crippen MR) is 92.4 cm³/mol. The van der Waals surface area contributed by atoms with Crippen LogP contribution < -0.4 is 10.1 Å². The topological polar surface area (TPSA) is 58.6 Å². The van der Waals surface area contributed by atoms with Gasteiger partial charge in [-0.1, -0.05) is 42.5 Å². The maximum absolute atomic E-state index is 12.7. The monoisotopic (exact) mass is 319 g/mol. The lowest BCUT2D eigenvalue weighted by Gasteiger charge is -2.26. The Labute approximate surface area is 139 Å². The highest BCUT2D eigenvalue weighted by Crippen LogP contribution is 2.32. The average molecular weight is 319 g/mol. The van der Waals surface area contributed by atoms with E-state index in [2.05, 4.69) is 5.32 Å². The van der Waals surface area contributed by atoms with Crippen LogP contribution in [0.1, 0.15) is 28.4 Å². The Morgan fingerprint density at radius 1 is 1.04 bits per heavy atom. The first-order valence-corrected chi connectivity index (χ1v) is 7.97. The van der Waals surface area contributed by atoms with Gasteiger partial charge in [-0.25, -0.2) is 0 Å². The standard InChI is InChI=1S/C20H17NO3/c22-18-12-14-6-2-1-5-13(14)11-16(18)20(23)21-17-9-10-24-19-8-4-3-7-15(17)19/h1-8,11-12,17,22H,9-10H2,(H,21,23)/t17-/m1/s1. The molecular formula is C20H17NO3. The molecule has 4 rings (SSSR count). The molecule has 0 aromatic heterocycles. The van der Waals surface area contributed by atoms with Crippen molar-refractivity contribution in [3.05, 3.63) is 71.8 Å². The minimum absolute atomic E-state index is 0.00783. The summed E-state index contributed by atoms with van der Waals surface area (Å²) in [7, 11) is 0. The van der Waals surface area contributed by atoms with Gasteiger partial charge in [0.05, 0.1) is 18.2 Å². The molecule has 0 spiro atoms. The number of hydrogen-bond acceptors (Lipinski definition) is 3. The number of fused-ring (bicyclic) bond motifs is 2. The Kier molecular flexibility index (Phi) is 3.58. The van der Waals surface area contributed by atoms with Crippen molar-refractivity contribution in [1.82, 2.24) is 5.32 Å². The number of benzene rings is 3. The molecule has 4 heteroatoms. The lowest BCUT2D eigenvalue weighted by atomic mass is 9.99. The Morgan fingerprint density at radius 3 is 2.58 bits per heavy atom. The van der Waals surface area contributed by atoms with Gasteiger partial charge in [0, 0.05) is 12.0 Å². The largest absolute Gasteiger partial charge is 0.507 e. The molecule has 0 saturated heterocycles. The number of phenols is 1. The maximum Gasteiger partial charge on any atom is 0.255 e. The number of hydrogen-bond donors (Lipinski definition) is 2. The van der Waals surface area contributed by atoms with Gasteiger partial charge in [0.1, 0.15) is 11.5 Å². The van der Waals surface area contributed by atoms with Crippen molar-refractivity contribution < 1.29 is 14.6 Å². The SMILES string of the molecule is O=C(N[C@@H]1CCOc2ccccc21)c1cc2ccccc2cc1O. The summed E-state index contributed by atoms with van der Waals surface area (Å²) in [5.41, 5.74) is 1.26. The summed E-state index contributed by atoms with van der Waals surface area (Å²) in [6.07, 6.45) is 0.705. The van der Waals surface area contributed by atoms with Gasteiger partial charge >= 0.3 is 0 Å². The van der Waals surface area contributed by atoms with Gasteiger partial charge in [-0.05, 0) is 29.0 Å². The van der Waals surface area contributed by atoms with Crippen molar-refractivity contribution in [2.24, 2.45) is 0 Å². The number of nitrogens with one attached hydrogen (secondary N) is 1. The molecule has 0 saturated carbocycles. The highest BCUT2D eigenvalue weighted by molar-refractivity contribution is 6.01. The summed E-state index contributed by atoms with van der Waals surface area (Å²) >= 11 is 0. The van der Waals surface area contributed by atoms with E-state index in [-0.39, 0.29) is 23.3 Å². The van der Waals surface area contributed by atoms with Crippen LogP contribution >= 0.6 is 0 Å². The number of aromatic hydroxyl groups is 1. The Morgan fingerprint density at radius 2 is 1.75 bits per heavy atom. The number of ether oxygens (including phenoxy) is 1. The summed E-state index contributed by atoms with van der Waals surface area (Å²) in [5, 5.41) is 15.1. The fraction of sp³-hybridized carbons (Fsp3) is 0.150. The number of carbonyl (C=O) groups is 1. The first kappa shape index (κ1) is 14.6. The van der Waals surface area contributed by atoms with Crippen molar-refractivity contribution in [1.29, 1.82) is 0 Å². The van der Waals surface area contributed by atoms with Gasteiger partial charge in [0.15, 0.2) is 0 Å². The average Bonchev–Trinajstić information content (AvgIpc) is 2.61. The van der Waals surface area contributed by atoms with E-state index in [1.54, 1.807) is 12.1 Å². The van der Waals surface area contributed by atoms with Crippen molar-refractivity contribution in [3.63, 3.8) is 0 Å². The molecule has 1 aliphatic heterocycles. The van der Waals surface area contributed by atoms with Crippen molar-refractivity contribution in [2.45, 2.75) is 12.5 Å². The third-order valence-electron chi connectivity index (χ3n) is 4.37. The maximum atomic E-state index is 12.7. The van der Waals surface area contributed by atoms with Gasteiger partial charge in [-0.15, -0.1) is 0 Å². The van der Waals surface area contributed by atoms with E-state index in [1.165, 1.54) is 0 Å². The molecule has 3 aromatic rings. The first-order valence-electron chi connectivity index (χ1n) is 7.97. The van der Waals surface area contributed by atoms with E-state index >= 15 is 0 Å². The van der Waals surface area contributed by atoms with Crippen LogP contribution in [0.15, 0.2) is 60.7 Å². The van der Waals surface area contributed by atoms with E-state index in [1.807, 2.05) is 48.5 Å². The molecule has 120 valence electrons. The molecule has 4 nitrogen and oxygen atoms in total. The van der Waals surface area contributed by atoms with Crippen molar-refractivity contribution >= 4 is 16.7 Å². The number of phenolic OH excluding ortho intramolecular Hbond substituents is 1. The number of amides is 1. The minimum Gasteiger partial charge on any atom is -0.507 e. The molecule has 1 heterocycles. The summed E-state index contributed by atoms with van der Waals surface area (Å²) in [6.45, 7) is 0.561. The van der Waals surface area contributed by atoms with Gasteiger partial charge < -0.3 is 15.2 Å². The van der Waals surface area contributed by atoms with Crippen LogP contribution in [0.5, 0.6) is 11.5 Å². The summed E-state index contributed by atoms with van der Waals surface area (Å²) < 4.78 is 5.62. The van der Waals surface area contributed by atoms with Crippen LogP contribution in [0.3, 0.4) is 0 Å². The zero-order valence-electron chi connectivity index (χ0n) is 13.0. The normalized spacial score (nSPS) is 16.2. The van der Waals surface area contributed by atoms with Crippen LogP contribution in [-0.2, 0) is 0 Å². The highest BCUT2D eigenvalue weighted by atomic mass is 16.5. The zero-order chi connectivity index (χ0) is 16.5. The lowest BCUT2D eigenvalue weighted by Crippen LogP contribution is -2.32. The first-order chi connectivity index (χ1) is 11.7. The van der Waals surface area contributed by atoms with E-state index in [0.717, 1.165) is 22.1 Å². The second-order valence-electron chi connectivity index (χ2n) is 5.92. The fourth-order valence-corrected chi connectivity index (χ4v) is 3.14. The van der Waals surface area contributed by atoms with Crippen LogP contribution in [-0.4, -0.2) is 17.6 Å². The van der Waals surface area contributed by atoms with Gasteiger partial charge in [0.25, 0.3) is 5.91 Å². The smallest absolute Gasteiger partial charge is 0.255 e. The molecule has 0 radical (unpaired) electrons. The fourth-order valence-electron chi connectivity index (χ4n) is 3.14. The van der Waals surface area contributed by atoms with Gasteiger partial charge in [-0.3, -0.25) is 4.79 Å². The zero-order valence-corrected chi connectivity index (χ0v) is 13.0. The van der Waals surface area contributed by atoms with Gasteiger partial charge in [0.2, 0.25) is 0 Å². The summed E-state index contributed by atoms with van der Waals surface area (Å²) in [4.78, 5) is 12.7. The minimum atomic E-state index is -0.278. The molecule has 2 N–H and O–H groups in total. The van der Waals surface area contributed by atoms with E-state index in [4.69, 9.17) is 4.74 Å². The molecule has 1 amide bonds. The Hall–Kier alpha value is -3.01. The molecule has 0 aliphatic carbocycles. The molecule has 0 bridgehead atoms. The van der Waals surface area contributed by atoms with Crippen LogP contribution in [0.2, 0.25) is 0 Å². The third-order valence-corrected chi connectivity index (χ3v) is 4.37. The van der Waals surface area contributed by atoms with Crippen molar-refractivity contribution in [3.8, 4) is 11.5 Å². The quantitative estimate of drug-likeness (QED) is 0.755. The summed E-state index contributed by atoms with van der Waals surface area (Å²) in [6, 6.07) is 18.6. The molecule has 0 fully saturated rings. The lowest BCUT2D eigenvalue weighted by molar-refractivity contribution is 0.0922. The molecule has 0 unspecified atom stereocenters. The van der Waals surface area contributed by atoms with Gasteiger partial charge in [-0.2, -0.15) is 0 Å². The molecule has 24 heavy (non-hydrogen) atoms. The van der Waals surface area contributed by atoms with Crippen molar-refractivity contribution in [2.75, 3.05) is 6.61 Å². The molecule has 3 aromatic carbocycles. The highest BCUT2D eigenvalue weighted by Gasteiger charge is 2.24. The Bertz CT molecular complexity index is 920. The number of carbonyl (C=O) groups excluding carboxylic acids is 1. The predicted octanol–water partition coefficient (Wildman–Crippen LogP) is 3.80. The van der Waals surface area contributed by atoms with Crippen LogP contribution in [0.25, 0.3) is 10.8 Å². The second kappa shape index (κ2) is 5.89. The van der Waals surface area contributed by atoms with E-state index < -0.39 is 0 Å². The van der Waals surface area contributed by atoms with Crippen LogP contribution in [0, 0.1) is 0 Å². The van der Waals surface area contributed by atoms with E-state index in [9.17, 15) is 9.90 Å². The molecular weight excluding hydrogens is 302 g/mol. The molecule has 1 atom stereocenters. The number of rotatable bonds is 2.